The molecule has 1 aliphatic heterocycles. The van der Waals surface area contributed by atoms with E-state index in [1.165, 1.54) is 16.7 Å². The molecule has 27 heavy (non-hydrogen) atoms. The Labute approximate surface area is 175 Å². The molecule has 3 nitrogen and oxygen atoms in total. The van der Waals surface area contributed by atoms with E-state index in [-0.39, 0.29) is 5.91 Å². The van der Waals surface area contributed by atoms with Crippen LogP contribution >= 0.6 is 47.2 Å². The number of rotatable bonds is 3. The molecule has 7 heteroatoms. The van der Waals surface area contributed by atoms with Gasteiger partial charge in [-0.25, -0.2) is 0 Å². The first-order chi connectivity index (χ1) is 13.0. The maximum atomic E-state index is 12.8. The maximum Gasteiger partial charge on any atom is 0.270 e. The largest absolute Gasteiger partial charge is 0.457 e. The van der Waals surface area contributed by atoms with E-state index in [0.29, 0.717) is 36.5 Å². The molecule has 4 rings (SSSR count). The zero-order valence-electron chi connectivity index (χ0n) is 13.7. The Balaban J connectivity index is 1.59. The van der Waals surface area contributed by atoms with Crippen LogP contribution in [0, 0.1) is 0 Å². The molecule has 0 N–H and O–H groups in total. The predicted octanol–water partition coefficient (Wildman–Crippen LogP) is 6.66. The van der Waals surface area contributed by atoms with Gasteiger partial charge in [-0.15, -0.1) is 0 Å². The Morgan fingerprint density at radius 1 is 0.926 bits per heavy atom. The lowest BCUT2D eigenvalue weighted by Gasteiger charge is -2.14. The van der Waals surface area contributed by atoms with Crippen LogP contribution in [0.15, 0.2) is 70.0 Å². The summed E-state index contributed by atoms with van der Waals surface area (Å²) in [6.07, 6.45) is 1.70. The first-order valence-electron chi connectivity index (χ1n) is 7.90. The minimum Gasteiger partial charge on any atom is -0.457 e. The van der Waals surface area contributed by atoms with Crippen LogP contribution < -0.4 is 4.90 Å². The Bertz CT molecular complexity index is 1060. The first kappa shape index (κ1) is 18.3. The van der Waals surface area contributed by atoms with Gasteiger partial charge in [0.1, 0.15) is 11.5 Å². The Morgan fingerprint density at radius 3 is 2.22 bits per heavy atom. The van der Waals surface area contributed by atoms with E-state index in [0.717, 1.165) is 5.56 Å². The number of amides is 1. The van der Waals surface area contributed by atoms with Gasteiger partial charge >= 0.3 is 0 Å². The van der Waals surface area contributed by atoms with Crippen LogP contribution in [0.1, 0.15) is 5.76 Å². The second-order valence-electron chi connectivity index (χ2n) is 5.70. The van der Waals surface area contributed by atoms with E-state index in [1.54, 1.807) is 42.5 Å². The van der Waals surface area contributed by atoms with E-state index < -0.39 is 0 Å². The molecule has 2 aromatic carbocycles. The van der Waals surface area contributed by atoms with E-state index in [2.05, 4.69) is 0 Å². The SMILES string of the molecule is O=C1/C(=C\c2ccc(-c3ccc(Cl)cc3)o2)SC(=S)N1c1ccc(Cl)cc1. The molecule has 1 aliphatic rings. The summed E-state index contributed by atoms with van der Waals surface area (Å²) in [5, 5.41) is 1.27. The molecular weight excluding hydrogens is 421 g/mol. The van der Waals surface area contributed by atoms with Gasteiger partial charge in [-0.2, -0.15) is 0 Å². The van der Waals surface area contributed by atoms with Gasteiger partial charge < -0.3 is 4.42 Å². The number of benzene rings is 2. The van der Waals surface area contributed by atoms with Crippen LogP contribution in [-0.4, -0.2) is 10.2 Å². The summed E-state index contributed by atoms with van der Waals surface area (Å²) in [6.45, 7) is 0. The summed E-state index contributed by atoms with van der Waals surface area (Å²) in [5.74, 6) is 1.10. The predicted molar refractivity (Wildman–Crippen MR) is 116 cm³/mol. The molecule has 3 aromatic rings. The number of hydrogen-bond acceptors (Lipinski definition) is 4. The molecule has 0 spiro atoms. The highest BCUT2D eigenvalue weighted by atomic mass is 35.5. The molecule has 0 saturated carbocycles. The van der Waals surface area contributed by atoms with Crippen molar-refractivity contribution in [2.24, 2.45) is 0 Å². The highest BCUT2D eigenvalue weighted by molar-refractivity contribution is 8.27. The summed E-state index contributed by atoms with van der Waals surface area (Å²) in [5.41, 5.74) is 1.60. The van der Waals surface area contributed by atoms with Crippen molar-refractivity contribution < 1.29 is 9.21 Å². The third-order valence-corrected chi connectivity index (χ3v) is 5.71. The standard InChI is InChI=1S/C20H11Cl2NO2S2/c21-13-3-1-12(2-4-13)17-10-9-16(25-17)11-18-19(24)23(20(26)27-18)15-7-5-14(22)6-8-15/h1-11H/b18-11+. The molecule has 0 aliphatic carbocycles. The minimum atomic E-state index is -0.184. The number of thiocarbonyl (C=S) groups is 1. The van der Waals surface area contributed by atoms with Crippen LogP contribution in [0.5, 0.6) is 0 Å². The van der Waals surface area contributed by atoms with Crippen molar-refractivity contribution in [2.75, 3.05) is 4.90 Å². The lowest BCUT2D eigenvalue weighted by Crippen LogP contribution is -2.27. The zero-order valence-corrected chi connectivity index (χ0v) is 16.8. The highest BCUT2D eigenvalue weighted by Crippen LogP contribution is 2.37. The Kier molecular flexibility index (Phi) is 5.10. The lowest BCUT2D eigenvalue weighted by atomic mass is 10.2. The van der Waals surface area contributed by atoms with E-state index in [9.17, 15) is 4.79 Å². The van der Waals surface area contributed by atoms with Gasteiger partial charge in [0.15, 0.2) is 4.32 Å². The number of halogens is 2. The monoisotopic (exact) mass is 431 g/mol. The maximum absolute atomic E-state index is 12.8. The number of hydrogen-bond donors (Lipinski definition) is 0. The van der Waals surface area contributed by atoms with Gasteiger partial charge in [-0.05, 0) is 60.7 Å². The van der Waals surface area contributed by atoms with Crippen molar-refractivity contribution in [2.45, 2.75) is 0 Å². The van der Waals surface area contributed by atoms with Gasteiger partial charge in [0.2, 0.25) is 0 Å². The molecular formula is C20H11Cl2NO2S2. The van der Waals surface area contributed by atoms with Crippen molar-refractivity contribution in [3.05, 3.63) is 81.4 Å². The second kappa shape index (κ2) is 7.52. The average molecular weight is 432 g/mol. The second-order valence-corrected chi connectivity index (χ2v) is 8.25. The van der Waals surface area contributed by atoms with Gasteiger partial charge in [-0.1, -0.05) is 47.2 Å². The highest BCUT2D eigenvalue weighted by Gasteiger charge is 2.33. The van der Waals surface area contributed by atoms with Gasteiger partial charge in [-0.3, -0.25) is 9.69 Å². The molecule has 1 amide bonds. The van der Waals surface area contributed by atoms with Crippen LogP contribution in [0.3, 0.4) is 0 Å². The average Bonchev–Trinajstić information content (AvgIpc) is 3.22. The van der Waals surface area contributed by atoms with Crippen LogP contribution in [0.4, 0.5) is 5.69 Å². The van der Waals surface area contributed by atoms with Crippen molar-refractivity contribution in [1.29, 1.82) is 0 Å². The number of carbonyl (C=O) groups excluding carboxylic acids is 1. The van der Waals surface area contributed by atoms with Gasteiger partial charge in [0.05, 0.1) is 10.6 Å². The molecule has 1 fully saturated rings. The quantitative estimate of drug-likeness (QED) is 0.342. The molecule has 0 atom stereocenters. The van der Waals surface area contributed by atoms with E-state index in [4.69, 9.17) is 39.8 Å². The molecule has 2 heterocycles. The molecule has 134 valence electrons. The molecule has 0 unspecified atom stereocenters. The summed E-state index contributed by atoms with van der Waals surface area (Å²) in [6, 6.07) is 18.0. The first-order valence-corrected chi connectivity index (χ1v) is 9.88. The lowest BCUT2D eigenvalue weighted by molar-refractivity contribution is -0.113. The Hall–Kier alpha value is -2.05. The third kappa shape index (κ3) is 3.82. The van der Waals surface area contributed by atoms with Crippen LogP contribution in [-0.2, 0) is 4.79 Å². The van der Waals surface area contributed by atoms with Crippen LogP contribution in [0.2, 0.25) is 10.0 Å². The summed E-state index contributed by atoms with van der Waals surface area (Å²) < 4.78 is 6.32. The number of carbonyl (C=O) groups is 1. The van der Waals surface area contributed by atoms with E-state index >= 15 is 0 Å². The fourth-order valence-electron chi connectivity index (χ4n) is 2.61. The molecule has 0 radical (unpaired) electrons. The van der Waals surface area contributed by atoms with Crippen molar-refractivity contribution in [1.82, 2.24) is 0 Å². The van der Waals surface area contributed by atoms with Crippen molar-refractivity contribution in [3.63, 3.8) is 0 Å². The Morgan fingerprint density at radius 2 is 1.56 bits per heavy atom. The number of nitrogens with zero attached hydrogens (tertiary/aromatic N) is 1. The number of thioether (sulfide) groups is 1. The zero-order chi connectivity index (χ0) is 19.0. The summed E-state index contributed by atoms with van der Waals surface area (Å²) in [7, 11) is 0. The third-order valence-electron chi connectivity index (χ3n) is 3.91. The smallest absolute Gasteiger partial charge is 0.270 e. The summed E-state index contributed by atoms with van der Waals surface area (Å²) >= 11 is 18.4. The minimum absolute atomic E-state index is 0.184. The topological polar surface area (TPSA) is 33.5 Å². The number of furan rings is 1. The molecule has 1 aromatic heterocycles. The van der Waals surface area contributed by atoms with Crippen molar-refractivity contribution in [3.8, 4) is 11.3 Å². The van der Waals surface area contributed by atoms with Crippen LogP contribution in [0.25, 0.3) is 17.4 Å². The van der Waals surface area contributed by atoms with Gasteiger partial charge in [0.25, 0.3) is 5.91 Å². The van der Waals surface area contributed by atoms with Gasteiger partial charge in [0, 0.05) is 21.7 Å². The molecule has 1 saturated heterocycles. The summed E-state index contributed by atoms with van der Waals surface area (Å²) in [4.78, 5) is 14.8. The van der Waals surface area contributed by atoms with E-state index in [1.807, 2.05) is 24.3 Å². The fourth-order valence-corrected chi connectivity index (χ4v) is 4.14. The molecule has 0 bridgehead atoms. The fraction of sp³-hybridized carbons (Fsp3) is 0. The van der Waals surface area contributed by atoms with Crippen molar-refractivity contribution >= 4 is 69.2 Å². The normalized spacial score (nSPS) is 15.8. The number of anilines is 1.